The van der Waals surface area contributed by atoms with Gasteiger partial charge in [0.15, 0.2) is 5.13 Å². The van der Waals surface area contributed by atoms with Crippen molar-refractivity contribution in [3.05, 3.63) is 23.8 Å². The van der Waals surface area contributed by atoms with Crippen LogP contribution in [0.5, 0.6) is 0 Å². The van der Waals surface area contributed by atoms with Crippen LogP contribution < -0.4 is 5.73 Å². The molecule has 0 radical (unpaired) electrons. The average molecular weight is 226 g/mol. The molecule has 0 aliphatic heterocycles. The van der Waals surface area contributed by atoms with Gasteiger partial charge >= 0.3 is 0 Å². The standard InChI is InChI=1S/C9H7N3S.ClH/c10-4-3-6-1-2-7-8(5-6)13-9(11)12-7;/h1-2,5H,3H2,(H2,11,12);1H. The highest BCUT2D eigenvalue weighted by molar-refractivity contribution is 7.22. The molecule has 3 nitrogen and oxygen atoms in total. The van der Waals surface area contributed by atoms with Crippen LogP contribution in [-0.4, -0.2) is 4.98 Å². The number of nitrogens with two attached hydrogens (primary N) is 1. The molecule has 0 atom stereocenters. The van der Waals surface area contributed by atoms with Crippen molar-refractivity contribution in [3.8, 4) is 6.07 Å². The molecule has 0 fully saturated rings. The van der Waals surface area contributed by atoms with E-state index in [9.17, 15) is 0 Å². The summed E-state index contributed by atoms with van der Waals surface area (Å²) in [5.41, 5.74) is 7.48. The molecule has 0 unspecified atom stereocenters. The zero-order valence-corrected chi connectivity index (χ0v) is 8.86. The van der Waals surface area contributed by atoms with Crippen LogP contribution in [0.1, 0.15) is 5.56 Å². The fourth-order valence-electron chi connectivity index (χ4n) is 1.19. The van der Waals surface area contributed by atoms with Crippen LogP contribution in [0.15, 0.2) is 18.2 Å². The monoisotopic (exact) mass is 225 g/mol. The third-order valence-electron chi connectivity index (χ3n) is 1.75. The van der Waals surface area contributed by atoms with Gasteiger partial charge in [-0.1, -0.05) is 17.4 Å². The Hall–Kier alpha value is -1.31. The maximum atomic E-state index is 8.51. The van der Waals surface area contributed by atoms with Gasteiger partial charge < -0.3 is 5.73 Å². The molecule has 0 saturated heterocycles. The molecule has 1 heterocycles. The summed E-state index contributed by atoms with van der Waals surface area (Å²) in [7, 11) is 0. The third-order valence-corrected chi connectivity index (χ3v) is 2.60. The molecular weight excluding hydrogens is 218 g/mol. The lowest BCUT2D eigenvalue weighted by Gasteiger charge is -1.92. The maximum Gasteiger partial charge on any atom is 0.181 e. The lowest BCUT2D eigenvalue weighted by Crippen LogP contribution is -1.80. The van der Waals surface area contributed by atoms with Crippen LogP contribution in [0.4, 0.5) is 5.13 Å². The number of aromatic nitrogens is 1. The van der Waals surface area contributed by atoms with Gasteiger partial charge in [-0.3, -0.25) is 0 Å². The maximum absolute atomic E-state index is 8.51. The van der Waals surface area contributed by atoms with Gasteiger partial charge in [-0.05, 0) is 17.7 Å². The van der Waals surface area contributed by atoms with Gasteiger partial charge in [-0.2, -0.15) is 5.26 Å². The van der Waals surface area contributed by atoms with Gasteiger partial charge in [-0.15, -0.1) is 12.4 Å². The second kappa shape index (κ2) is 4.27. The summed E-state index contributed by atoms with van der Waals surface area (Å²) in [5, 5.41) is 9.08. The van der Waals surface area contributed by atoms with Crippen LogP contribution in [0, 0.1) is 11.3 Å². The number of fused-ring (bicyclic) bond motifs is 1. The first-order chi connectivity index (χ1) is 6.29. The minimum atomic E-state index is 0. The minimum Gasteiger partial charge on any atom is -0.375 e. The van der Waals surface area contributed by atoms with Crippen molar-refractivity contribution in [1.29, 1.82) is 5.26 Å². The summed E-state index contributed by atoms with van der Waals surface area (Å²) in [4.78, 5) is 4.13. The first-order valence-corrected chi connectivity index (χ1v) is 4.63. The van der Waals surface area contributed by atoms with E-state index in [-0.39, 0.29) is 12.4 Å². The van der Waals surface area contributed by atoms with Crippen molar-refractivity contribution >= 4 is 39.1 Å². The molecule has 0 aliphatic rings. The van der Waals surface area contributed by atoms with Gasteiger partial charge in [0.1, 0.15) is 0 Å². The summed E-state index contributed by atoms with van der Waals surface area (Å²) < 4.78 is 1.05. The number of hydrogen-bond acceptors (Lipinski definition) is 4. The summed E-state index contributed by atoms with van der Waals surface area (Å²) >= 11 is 1.45. The highest BCUT2D eigenvalue weighted by Gasteiger charge is 2.01. The first kappa shape index (κ1) is 10.8. The molecular formula is C9H8ClN3S. The highest BCUT2D eigenvalue weighted by Crippen LogP contribution is 2.24. The van der Waals surface area contributed by atoms with Gasteiger partial charge in [0.25, 0.3) is 0 Å². The average Bonchev–Trinajstić information content (AvgIpc) is 2.44. The van der Waals surface area contributed by atoms with Gasteiger partial charge in [0, 0.05) is 0 Å². The normalized spacial score (nSPS) is 9.36. The Balaban J connectivity index is 0.000000980. The zero-order chi connectivity index (χ0) is 9.26. The molecule has 1 aromatic heterocycles. The van der Waals surface area contributed by atoms with E-state index in [4.69, 9.17) is 11.0 Å². The van der Waals surface area contributed by atoms with E-state index in [1.165, 1.54) is 11.3 Å². The molecule has 0 bridgehead atoms. The lowest BCUT2D eigenvalue weighted by atomic mass is 10.2. The van der Waals surface area contributed by atoms with Crippen LogP contribution in [0.2, 0.25) is 0 Å². The Morgan fingerprint density at radius 3 is 3.00 bits per heavy atom. The predicted octanol–water partition coefficient (Wildman–Crippen LogP) is 2.37. The summed E-state index contributed by atoms with van der Waals surface area (Å²) in [6.45, 7) is 0. The number of nitrogens with zero attached hydrogens (tertiary/aromatic N) is 2. The predicted molar refractivity (Wildman–Crippen MR) is 60.6 cm³/mol. The number of nitriles is 1. The number of anilines is 1. The number of rotatable bonds is 1. The number of halogens is 1. The summed E-state index contributed by atoms with van der Waals surface area (Å²) in [6, 6.07) is 7.88. The van der Waals surface area contributed by atoms with Crippen LogP contribution in [0.3, 0.4) is 0 Å². The SMILES string of the molecule is Cl.N#CCc1ccc2nc(N)sc2c1. The van der Waals surface area contributed by atoms with Gasteiger partial charge in [-0.25, -0.2) is 4.98 Å². The molecule has 0 saturated carbocycles. The molecule has 72 valence electrons. The molecule has 1 aromatic carbocycles. The highest BCUT2D eigenvalue weighted by atomic mass is 35.5. The zero-order valence-electron chi connectivity index (χ0n) is 7.23. The van der Waals surface area contributed by atoms with Crippen molar-refractivity contribution < 1.29 is 0 Å². The molecule has 0 amide bonds. The summed E-state index contributed by atoms with van der Waals surface area (Å²) in [6.07, 6.45) is 0.438. The third kappa shape index (κ3) is 1.95. The Labute approximate surface area is 91.6 Å². The molecule has 2 aromatic rings. The van der Waals surface area contributed by atoms with Gasteiger partial charge in [0.05, 0.1) is 22.7 Å². The number of hydrogen-bond donors (Lipinski definition) is 1. The largest absolute Gasteiger partial charge is 0.375 e. The Kier molecular flexibility index (Phi) is 3.28. The van der Waals surface area contributed by atoms with Crippen LogP contribution in [0.25, 0.3) is 10.2 Å². The fraction of sp³-hybridized carbons (Fsp3) is 0.111. The molecule has 2 N–H and O–H groups in total. The minimum absolute atomic E-state index is 0. The molecule has 5 heteroatoms. The summed E-state index contributed by atoms with van der Waals surface area (Å²) in [5.74, 6) is 0. The number of nitrogen functional groups attached to an aromatic ring is 1. The number of benzene rings is 1. The van der Waals surface area contributed by atoms with E-state index >= 15 is 0 Å². The molecule has 0 spiro atoms. The fourth-order valence-corrected chi connectivity index (χ4v) is 1.99. The van der Waals surface area contributed by atoms with Crippen molar-refractivity contribution in [2.45, 2.75) is 6.42 Å². The molecule has 2 rings (SSSR count). The van der Waals surface area contributed by atoms with Gasteiger partial charge in [0.2, 0.25) is 0 Å². The topological polar surface area (TPSA) is 62.7 Å². The number of thiazole rings is 1. The Morgan fingerprint density at radius 2 is 2.29 bits per heavy atom. The second-order valence-corrected chi connectivity index (χ2v) is 3.75. The molecule has 0 aliphatic carbocycles. The van der Waals surface area contributed by atoms with Crippen molar-refractivity contribution in [3.63, 3.8) is 0 Å². The molecule has 14 heavy (non-hydrogen) atoms. The van der Waals surface area contributed by atoms with Crippen molar-refractivity contribution in [1.82, 2.24) is 4.98 Å². The van der Waals surface area contributed by atoms with Crippen LogP contribution >= 0.6 is 23.7 Å². The van der Waals surface area contributed by atoms with E-state index in [0.29, 0.717) is 11.6 Å². The van der Waals surface area contributed by atoms with E-state index in [1.807, 2.05) is 18.2 Å². The smallest absolute Gasteiger partial charge is 0.181 e. The van der Waals surface area contributed by atoms with E-state index in [2.05, 4.69) is 11.1 Å². The van der Waals surface area contributed by atoms with Crippen LogP contribution in [-0.2, 0) is 6.42 Å². The second-order valence-electron chi connectivity index (χ2n) is 2.69. The lowest BCUT2D eigenvalue weighted by molar-refractivity contribution is 1.27. The Bertz CT molecular complexity index is 486. The van der Waals surface area contributed by atoms with E-state index in [1.54, 1.807) is 0 Å². The van der Waals surface area contributed by atoms with E-state index < -0.39 is 0 Å². The van der Waals surface area contributed by atoms with E-state index in [0.717, 1.165) is 15.8 Å². The Morgan fingerprint density at radius 1 is 1.50 bits per heavy atom. The van der Waals surface area contributed by atoms with Crippen molar-refractivity contribution in [2.24, 2.45) is 0 Å². The quantitative estimate of drug-likeness (QED) is 0.811. The van der Waals surface area contributed by atoms with Crippen molar-refractivity contribution in [2.75, 3.05) is 5.73 Å². The first-order valence-electron chi connectivity index (χ1n) is 3.81.